The van der Waals surface area contributed by atoms with Gasteiger partial charge in [-0.1, -0.05) is 6.07 Å². The maximum atomic E-state index is 12.5. The van der Waals surface area contributed by atoms with Crippen molar-refractivity contribution >= 4 is 38.5 Å². The standard InChI is InChI=1S/C19H17N5O3S2/c1-12-6-7-16(9-13(12)2)24-8-4-5-15(24)10-14(11-20)17(25)21-18-22-19(23-28-18)29(3,26)27/h4-10H,1-3H3,(H,21,22,23,25). The number of nitrogens with zero attached hydrogens (tertiary/aromatic N) is 4. The lowest BCUT2D eigenvalue weighted by atomic mass is 10.1. The molecule has 0 saturated heterocycles. The minimum absolute atomic E-state index is 0.00103. The molecule has 2 heterocycles. The van der Waals surface area contributed by atoms with E-state index in [0.29, 0.717) is 5.69 Å². The molecular weight excluding hydrogens is 410 g/mol. The van der Waals surface area contributed by atoms with Crippen molar-refractivity contribution in [3.63, 3.8) is 0 Å². The van der Waals surface area contributed by atoms with E-state index in [4.69, 9.17) is 0 Å². The first kappa shape index (κ1) is 20.4. The van der Waals surface area contributed by atoms with Crippen LogP contribution in [0.4, 0.5) is 5.13 Å². The Bertz CT molecular complexity index is 1260. The molecule has 2 aromatic heterocycles. The zero-order valence-electron chi connectivity index (χ0n) is 15.9. The van der Waals surface area contributed by atoms with Crippen LogP contribution in [0, 0.1) is 25.2 Å². The van der Waals surface area contributed by atoms with Crippen LogP contribution in [0.3, 0.4) is 0 Å². The van der Waals surface area contributed by atoms with Gasteiger partial charge in [0, 0.05) is 35.4 Å². The number of aryl methyl sites for hydroxylation is 2. The normalized spacial score (nSPS) is 11.9. The number of nitriles is 1. The molecule has 1 amide bonds. The largest absolute Gasteiger partial charge is 0.317 e. The zero-order valence-corrected chi connectivity index (χ0v) is 17.5. The third-order valence-electron chi connectivity index (χ3n) is 4.17. The number of anilines is 1. The fraction of sp³-hybridized carbons (Fsp3) is 0.158. The predicted molar refractivity (Wildman–Crippen MR) is 110 cm³/mol. The van der Waals surface area contributed by atoms with Gasteiger partial charge in [0.1, 0.15) is 11.6 Å². The number of hydrogen-bond donors (Lipinski definition) is 1. The molecule has 0 spiro atoms. The second-order valence-corrected chi connectivity index (χ2v) is 9.01. The first-order valence-electron chi connectivity index (χ1n) is 8.41. The average Bonchev–Trinajstić information content (AvgIpc) is 3.31. The van der Waals surface area contributed by atoms with Gasteiger partial charge in [0.2, 0.25) is 15.0 Å². The average molecular weight is 428 g/mol. The van der Waals surface area contributed by atoms with Gasteiger partial charge in [-0.15, -0.1) is 0 Å². The van der Waals surface area contributed by atoms with Crippen LogP contribution in [0.2, 0.25) is 0 Å². The van der Waals surface area contributed by atoms with Crippen LogP contribution in [0.15, 0.2) is 47.3 Å². The Morgan fingerprint density at radius 3 is 2.66 bits per heavy atom. The second kappa shape index (κ2) is 7.98. The SMILES string of the molecule is Cc1ccc(-n2cccc2C=C(C#N)C(=O)Nc2nc(S(C)(=O)=O)ns2)cc1C. The van der Waals surface area contributed by atoms with E-state index in [1.165, 1.54) is 11.6 Å². The fourth-order valence-corrected chi connectivity index (χ4v) is 3.93. The monoisotopic (exact) mass is 427 g/mol. The summed E-state index contributed by atoms with van der Waals surface area (Å²) in [5, 5.41) is 11.5. The van der Waals surface area contributed by atoms with Crippen molar-refractivity contribution in [1.82, 2.24) is 13.9 Å². The van der Waals surface area contributed by atoms with Crippen LogP contribution in [-0.4, -0.2) is 34.5 Å². The molecular formula is C19H17N5O3S2. The van der Waals surface area contributed by atoms with E-state index in [2.05, 4.69) is 14.7 Å². The van der Waals surface area contributed by atoms with Gasteiger partial charge < -0.3 is 4.57 Å². The van der Waals surface area contributed by atoms with Crippen LogP contribution in [-0.2, 0) is 14.6 Å². The van der Waals surface area contributed by atoms with Gasteiger partial charge in [-0.25, -0.2) is 8.42 Å². The molecule has 0 radical (unpaired) electrons. The second-order valence-electron chi connectivity index (χ2n) is 6.35. The molecule has 1 aromatic carbocycles. The highest BCUT2D eigenvalue weighted by Crippen LogP contribution is 2.20. The summed E-state index contributed by atoms with van der Waals surface area (Å²) < 4.78 is 28.5. The van der Waals surface area contributed by atoms with Gasteiger partial charge >= 0.3 is 0 Å². The quantitative estimate of drug-likeness (QED) is 0.494. The summed E-state index contributed by atoms with van der Waals surface area (Å²) in [6.45, 7) is 4.04. The van der Waals surface area contributed by atoms with Gasteiger partial charge in [-0.2, -0.15) is 14.6 Å². The maximum Gasteiger partial charge on any atom is 0.268 e. The molecule has 0 aliphatic carbocycles. The predicted octanol–water partition coefficient (Wildman–Crippen LogP) is 2.89. The van der Waals surface area contributed by atoms with Crippen molar-refractivity contribution in [3.8, 4) is 11.8 Å². The highest BCUT2D eigenvalue weighted by molar-refractivity contribution is 7.90. The summed E-state index contributed by atoms with van der Waals surface area (Å²) in [5.41, 5.74) is 3.70. The van der Waals surface area contributed by atoms with Crippen molar-refractivity contribution in [1.29, 1.82) is 5.26 Å². The first-order valence-corrected chi connectivity index (χ1v) is 11.1. The Kier molecular flexibility index (Phi) is 5.63. The van der Waals surface area contributed by atoms with Gasteiger partial charge in [0.25, 0.3) is 11.1 Å². The molecule has 0 atom stereocenters. The molecule has 0 bridgehead atoms. The van der Waals surface area contributed by atoms with E-state index in [9.17, 15) is 18.5 Å². The van der Waals surface area contributed by atoms with E-state index in [1.54, 1.807) is 6.07 Å². The van der Waals surface area contributed by atoms with Gasteiger partial charge in [-0.05, 0) is 55.3 Å². The fourth-order valence-electron chi connectivity index (χ4n) is 2.49. The Balaban J connectivity index is 1.88. The Hall–Kier alpha value is -3.29. The molecule has 10 heteroatoms. The van der Waals surface area contributed by atoms with E-state index >= 15 is 0 Å². The molecule has 29 heavy (non-hydrogen) atoms. The summed E-state index contributed by atoms with van der Waals surface area (Å²) in [4.78, 5) is 16.2. The number of aromatic nitrogens is 3. The van der Waals surface area contributed by atoms with Gasteiger partial charge in [0.15, 0.2) is 0 Å². The molecule has 3 aromatic rings. The number of carbonyl (C=O) groups excluding carboxylic acids is 1. The van der Waals surface area contributed by atoms with Crippen molar-refractivity contribution in [2.75, 3.05) is 11.6 Å². The Morgan fingerprint density at radius 1 is 1.28 bits per heavy atom. The van der Waals surface area contributed by atoms with E-state index < -0.39 is 15.7 Å². The summed E-state index contributed by atoms with van der Waals surface area (Å²) >= 11 is 0.729. The van der Waals surface area contributed by atoms with Crippen LogP contribution in [0.1, 0.15) is 16.8 Å². The van der Waals surface area contributed by atoms with E-state index in [0.717, 1.165) is 29.0 Å². The van der Waals surface area contributed by atoms with Crippen LogP contribution >= 0.6 is 11.5 Å². The first-order chi connectivity index (χ1) is 13.7. The van der Waals surface area contributed by atoms with Crippen molar-refractivity contribution < 1.29 is 13.2 Å². The molecule has 8 nitrogen and oxygen atoms in total. The van der Waals surface area contributed by atoms with Crippen molar-refractivity contribution in [3.05, 3.63) is 58.9 Å². The number of sulfone groups is 1. The van der Waals surface area contributed by atoms with E-state index in [1.807, 2.05) is 54.9 Å². The third-order valence-corrected chi connectivity index (χ3v) is 5.76. The summed E-state index contributed by atoms with van der Waals surface area (Å²) in [6, 6.07) is 11.5. The number of amides is 1. The molecule has 148 valence electrons. The van der Waals surface area contributed by atoms with E-state index in [-0.39, 0.29) is 15.9 Å². The molecule has 0 unspecified atom stereocenters. The Labute approximate surface area is 172 Å². The number of nitrogens with one attached hydrogen (secondary N) is 1. The van der Waals surface area contributed by atoms with Crippen molar-refractivity contribution in [2.24, 2.45) is 0 Å². The molecule has 0 saturated carbocycles. The third kappa shape index (κ3) is 4.59. The van der Waals surface area contributed by atoms with Crippen LogP contribution in [0.5, 0.6) is 0 Å². The summed E-state index contributed by atoms with van der Waals surface area (Å²) in [7, 11) is -3.57. The lowest BCUT2D eigenvalue weighted by molar-refractivity contribution is -0.112. The number of carbonyl (C=O) groups is 1. The van der Waals surface area contributed by atoms with Crippen molar-refractivity contribution in [2.45, 2.75) is 19.0 Å². The summed E-state index contributed by atoms with van der Waals surface area (Å²) in [5.74, 6) is -0.698. The molecule has 0 fully saturated rings. The topological polar surface area (TPSA) is 118 Å². The zero-order chi connectivity index (χ0) is 21.2. The molecule has 0 aliphatic rings. The lowest BCUT2D eigenvalue weighted by Crippen LogP contribution is -2.14. The highest BCUT2D eigenvalue weighted by Gasteiger charge is 2.18. The summed E-state index contributed by atoms with van der Waals surface area (Å²) in [6.07, 6.45) is 4.28. The minimum atomic E-state index is -3.57. The van der Waals surface area contributed by atoms with Gasteiger partial charge in [-0.3, -0.25) is 10.1 Å². The van der Waals surface area contributed by atoms with Gasteiger partial charge in [0.05, 0.1) is 0 Å². The molecule has 3 rings (SSSR count). The lowest BCUT2D eigenvalue weighted by Gasteiger charge is -2.09. The number of hydrogen-bond acceptors (Lipinski definition) is 7. The molecule has 0 aliphatic heterocycles. The molecule has 1 N–H and O–H groups in total. The maximum absolute atomic E-state index is 12.5. The minimum Gasteiger partial charge on any atom is -0.317 e. The highest BCUT2D eigenvalue weighted by atomic mass is 32.2. The number of benzene rings is 1. The number of rotatable bonds is 5. The van der Waals surface area contributed by atoms with Crippen LogP contribution < -0.4 is 5.32 Å². The Morgan fingerprint density at radius 2 is 2.03 bits per heavy atom. The van der Waals surface area contributed by atoms with Crippen LogP contribution in [0.25, 0.3) is 11.8 Å². The smallest absolute Gasteiger partial charge is 0.268 e.